The Morgan fingerprint density at radius 1 is 1.21 bits per heavy atom. The molecule has 0 amide bonds. The molecule has 0 unspecified atom stereocenters. The van der Waals surface area contributed by atoms with Crippen LogP contribution in [0, 0.1) is 6.92 Å². The Kier molecular flexibility index (Phi) is 3.16. The Bertz CT molecular complexity index is 1140. The number of hydrogen-bond donors (Lipinski definition) is 2. The van der Waals surface area contributed by atoms with Crippen LogP contribution in [-0.4, -0.2) is 26.0 Å². The molecule has 0 fully saturated rings. The van der Waals surface area contributed by atoms with Crippen molar-refractivity contribution in [3.63, 3.8) is 0 Å². The third kappa shape index (κ3) is 2.34. The number of nitrogens with zero attached hydrogens (tertiary/aromatic N) is 3. The molecule has 2 aromatic carbocycles. The number of aromatic hydroxyl groups is 1. The number of fused-ring (bicyclic) bond motifs is 3. The highest BCUT2D eigenvalue weighted by Gasteiger charge is 2.10. The van der Waals surface area contributed by atoms with Gasteiger partial charge in [-0.25, -0.2) is 4.98 Å². The molecule has 0 aliphatic rings. The third-order valence-electron chi connectivity index (χ3n) is 3.87. The van der Waals surface area contributed by atoms with Gasteiger partial charge in [-0.3, -0.25) is 4.79 Å². The number of phenols is 1. The van der Waals surface area contributed by atoms with Crippen molar-refractivity contribution >= 4 is 28.2 Å². The topological polar surface area (TPSA) is 83.3 Å². The van der Waals surface area contributed by atoms with Gasteiger partial charge in [0.1, 0.15) is 23.1 Å². The fraction of sp³-hybridized carbons (Fsp3) is 0.0556. The summed E-state index contributed by atoms with van der Waals surface area (Å²) in [5, 5.41) is 14.4. The van der Waals surface area contributed by atoms with Crippen molar-refractivity contribution < 1.29 is 5.11 Å². The van der Waals surface area contributed by atoms with Gasteiger partial charge in [0, 0.05) is 10.9 Å². The van der Waals surface area contributed by atoms with E-state index in [1.807, 2.05) is 25.1 Å². The van der Waals surface area contributed by atoms with Crippen LogP contribution >= 0.6 is 0 Å². The summed E-state index contributed by atoms with van der Waals surface area (Å²) in [5.41, 5.74) is 3.58. The maximum absolute atomic E-state index is 12.6. The van der Waals surface area contributed by atoms with E-state index in [1.54, 1.807) is 30.5 Å². The molecule has 0 radical (unpaired) electrons. The standard InChI is InChI=1S/C18H14N4O2/c1-11-2-7-15-14(8-11)16-17(21-15)18(24)22(10-19-16)20-9-12-3-5-13(23)6-4-12/h2-10,21,23H,1H3/b20-9-. The van der Waals surface area contributed by atoms with Gasteiger partial charge in [-0.05, 0) is 48.9 Å². The van der Waals surface area contributed by atoms with E-state index in [2.05, 4.69) is 15.1 Å². The fourth-order valence-electron chi connectivity index (χ4n) is 2.63. The van der Waals surface area contributed by atoms with E-state index in [0.717, 1.165) is 22.0 Å². The molecule has 0 bridgehead atoms. The normalized spacial score (nSPS) is 11.7. The molecule has 2 heterocycles. The quantitative estimate of drug-likeness (QED) is 0.557. The number of aryl methyl sites for hydroxylation is 1. The van der Waals surface area contributed by atoms with Crippen LogP contribution < -0.4 is 5.56 Å². The van der Waals surface area contributed by atoms with Gasteiger partial charge >= 0.3 is 0 Å². The van der Waals surface area contributed by atoms with E-state index in [1.165, 1.54) is 11.0 Å². The predicted molar refractivity (Wildman–Crippen MR) is 93.7 cm³/mol. The van der Waals surface area contributed by atoms with Crippen molar-refractivity contribution in [1.29, 1.82) is 0 Å². The number of phenolic OH excluding ortho intramolecular Hbond substituents is 1. The summed E-state index contributed by atoms with van der Waals surface area (Å²) < 4.78 is 1.19. The van der Waals surface area contributed by atoms with Crippen molar-refractivity contribution in [2.45, 2.75) is 6.92 Å². The summed E-state index contributed by atoms with van der Waals surface area (Å²) in [7, 11) is 0. The molecule has 0 spiro atoms. The highest BCUT2D eigenvalue weighted by Crippen LogP contribution is 2.22. The summed E-state index contributed by atoms with van der Waals surface area (Å²) in [6.07, 6.45) is 2.96. The monoisotopic (exact) mass is 318 g/mol. The highest BCUT2D eigenvalue weighted by molar-refractivity contribution is 6.04. The minimum Gasteiger partial charge on any atom is -0.508 e. The largest absolute Gasteiger partial charge is 0.508 e. The number of aromatic nitrogens is 3. The van der Waals surface area contributed by atoms with Gasteiger partial charge in [0.15, 0.2) is 0 Å². The van der Waals surface area contributed by atoms with Gasteiger partial charge in [-0.2, -0.15) is 9.78 Å². The van der Waals surface area contributed by atoms with Crippen molar-refractivity contribution in [1.82, 2.24) is 14.6 Å². The highest BCUT2D eigenvalue weighted by atomic mass is 16.3. The van der Waals surface area contributed by atoms with Gasteiger partial charge in [-0.1, -0.05) is 11.6 Å². The molecule has 0 aliphatic heterocycles. The van der Waals surface area contributed by atoms with Crippen LogP contribution in [0.4, 0.5) is 0 Å². The second kappa shape index (κ2) is 5.34. The second-order valence-corrected chi connectivity index (χ2v) is 5.63. The second-order valence-electron chi connectivity index (χ2n) is 5.63. The maximum Gasteiger partial charge on any atom is 0.298 e. The van der Waals surface area contributed by atoms with E-state index in [0.29, 0.717) is 11.0 Å². The van der Waals surface area contributed by atoms with Gasteiger partial charge in [0.05, 0.1) is 6.21 Å². The van der Waals surface area contributed by atoms with E-state index in [4.69, 9.17) is 0 Å². The molecular formula is C18H14N4O2. The van der Waals surface area contributed by atoms with Crippen LogP contribution in [0.2, 0.25) is 0 Å². The van der Waals surface area contributed by atoms with Crippen LogP contribution in [0.3, 0.4) is 0 Å². The first-order valence-corrected chi connectivity index (χ1v) is 7.45. The number of benzene rings is 2. The molecule has 2 N–H and O–H groups in total. The molecule has 0 saturated heterocycles. The smallest absolute Gasteiger partial charge is 0.298 e. The lowest BCUT2D eigenvalue weighted by atomic mass is 10.2. The van der Waals surface area contributed by atoms with E-state index in [-0.39, 0.29) is 11.3 Å². The SMILES string of the molecule is Cc1ccc2[nH]c3c(=O)n(/N=C\c4ccc(O)cc4)cnc3c2c1. The third-order valence-corrected chi connectivity index (χ3v) is 3.87. The number of hydrogen-bond acceptors (Lipinski definition) is 4. The Balaban J connectivity index is 1.82. The Hall–Kier alpha value is -3.41. The molecule has 0 atom stereocenters. The Morgan fingerprint density at radius 3 is 2.79 bits per heavy atom. The molecule has 0 aliphatic carbocycles. The van der Waals surface area contributed by atoms with Crippen molar-refractivity contribution in [2.75, 3.05) is 0 Å². The fourth-order valence-corrected chi connectivity index (χ4v) is 2.63. The summed E-state index contributed by atoms with van der Waals surface area (Å²) in [4.78, 5) is 20.1. The molecular weight excluding hydrogens is 304 g/mol. The van der Waals surface area contributed by atoms with E-state index >= 15 is 0 Å². The Morgan fingerprint density at radius 2 is 2.00 bits per heavy atom. The first kappa shape index (κ1) is 14.2. The predicted octanol–water partition coefficient (Wildman–Crippen LogP) is 2.77. The molecule has 4 aromatic rings. The first-order valence-electron chi connectivity index (χ1n) is 7.45. The minimum atomic E-state index is -0.260. The molecule has 6 nitrogen and oxygen atoms in total. The summed E-state index contributed by atoms with van der Waals surface area (Å²) >= 11 is 0. The van der Waals surface area contributed by atoms with Gasteiger partial charge < -0.3 is 10.1 Å². The van der Waals surface area contributed by atoms with Crippen LogP contribution in [0.1, 0.15) is 11.1 Å². The minimum absolute atomic E-state index is 0.181. The van der Waals surface area contributed by atoms with Gasteiger partial charge in [-0.15, -0.1) is 0 Å². The molecule has 0 saturated carbocycles. The van der Waals surface area contributed by atoms with Gasteiger partial charge in [0.2, 0.25) is 0 Å². The van der Waals surface area contributed by atoms with Crippen LogP contribution in [-0.2, 0) is 0 Å². The lowest BCUT2D eigenvalue weighted by molar-refractivity contribution is 0.475. The van der Waals surface area contributed by atoms with E-state index in [9.17, 15) is 9.90 Å². The zero-order chi connectivity index (χ0) is 16.7. The van der Waals surface area contributed by atoms with Crippen LogP contribution in [0.5, 0.6) is 5.75 Å². The molecule has 4 rings (SSSR count). The number of aromatic amines is 1. The lowest BCUT2D eigenvalue weighted by Gasteiger charge is -1.98. The molecule has 24 heavy (non-hydrogen) atoms. The van der Waals surface area contributed by atoms with Gasteiger partial charge in [0.25, 0.3) is 5.56 Å². The summed E-state index contributed by atoms with van der Waals surface area (Å²) in [6, 6.07) is 12.5. The summed E-state index contributed by atoms with van der Waals surface area (Å²) in [6.45, 7) is 2.00. The number of rotatable bonds is 2. The number of nitrogens with one attached hydrogen (secondary N) is 1. The van der Waals surface area contributed by atoms with Crippen LogP contribution in [0.15, 0.2) is 58.7 Å². The average molecular weight is 318 g/mol. The van der Waals surface area contributed by atoms with Crippen molar-refractivity contribution in [3.8, 4) is 5.75 Å². The van der Waals surface area contributed by atoms with Crippen LogP contribution in [0.25, 0.3) is 21.9 Å². The average Bonchev–Trinajstić information content (AvgIpc) is 2.95. The molecule has 118 valence electrons. The summed E-state index contributed by atoms with van der Waals surface area (Å²) in [5.74, 6) is 0.181. The van der Waals surface area contributed by atoms with Crippen molar-refractivity contribution in [3.05, 3.63) is 70.3 Å². The zero-order valence-electron chi connectivity index (χ0n) is 12.9. The Labute approximate surface area is 136 Å². The first-order chi connectivity index (χ1) is 11.6. The van der Waals surface area contributed by atoms with E-state index < -0.39 is 0 Å². The van der Waals surface area contributed by atoms with Crippen molar-refractivity contribution in [2.24, 2.45) is 5.10 Å². The maximum atomic E-state index is 12.6. The zero-order valence-corrected chi connectivity index (χ0v) is 12.9. The lowest BCUT2D eigenvalue weighted by Crippen LogP contribution is -2.17. The molecule has 2 aromatic heterocycles. The molecule has 6 heteroatoms. The number of H-pyrrole nitrogens is 1.